The van der Waals surface area contributed by atoms with Crippen molar-refractivity contribution in [1.82, 2.24) is 4.90 Å². The summed E-state index contributed by atoms with van der Waals surface area (Å²) in [7, 11) is 0. The topological polar surface area (TPSA) is 37.4 Å². The standard InChI is InChI=1S/C24H25NO2/c1-18(16-19(2)26)17-22-8-6-20(7-9-22)4-5-21-10-12-23(13-11-21)24(27)25-14-3-15-25/h6-13,18H,3,14-17H2,1-2H3. The number of likely N-dealkylation sites (tertiary alicyclic amines) is 1. The van der Waals surface area contributed by atoms with Crippen molar-refractivity contribution in [2.24, 2.45) is 5.92 Å². The van der Waals surface area contributed by atoms with Crippen LogP contribution in [0.1, 0.15) is 53.7 Å². The molecule has 0 aromatic heterocycles. The summed E-state index contributed by atoms with van der Waals surface area (Å²) in [6.07, 6.45) is 2.63. The highest BCUT2D eigenvalue weighted by Gasteiger charge is 2.21. The lowest BCUT2D eigenvalue weighted by atomic mass is 9.96. The molecule has 3 rings (SSSR count). The number of hydrogen-bond donors (Lipinski definition) is 0. The van der Waals surface area contributed by atoms with Crippen molar-refractivity contribution in [3.05, 3.63) is 70.8 Å². The Morgan fingerprint density at radius 2 is 1.52 bits per heavy atom. The summed E-state index contributed by atoms with van der Waals surface area (Å²) in [6.45, 7) is 5.47. The molecule has 2 aromatic rings. The molecule has 0 N–H and O–H groups in total. The maximum Gasteiger partial charge on any atom is 0.253 e. The molecule has 0 saturated carbocycles. The van der Waals surface area contributed by atoms with Gasteiger partial charge in [0.2, 0.25) is 0 Å². The molecule has 1 atom stereocenters. The minimum absolute atomic E-state index is 0.107. The van der Waals surface area contributed by atoms with E-state index >= 15 is 0 Å². The van der Waals surface area contributed by atoms with Crippen molar-refractivity contribution >= 4 is 11.7 Å². The van der Waals surface area contributed by atoms with Gasteiger partial charge in [-0.1, -0.05) is 30.9 Å². The van der Waals surface area contributed by atoms with Crippen LogP contribution >= 0.6 is 0 Å². The third kappa shape index (κ3) is 5.31. The van der Waals surface area contributed by atoms with Gasteiger partial charge in [-0.05, 0) is 67.6 Å². The number of amides is 1. The van der Waals surface area contributed by atoms with E-state index in [-0.39, 0.29) is 11.7 Å². The van der Waals surface area contributed by atoms with Crippen molar-refractivity contribution in [2.75, 3.05) is 13.1 Å². The van der Waals surface area contributed by atoms with Crippen LogP contribution in [-0.2, 0) is 11.2 Å². The Morgan fingerprint density at radius 3 is 2.00 bits per heavy atom. The van der Waals surface area contributed by atoms with Gasteiger partial charge in [0.15, 0.2) is 0 Å². The van der Waals surface area contributed by atoms with Gasteiger partial charge in [-0.2, -0.15) is 0 Å². The third-order valence-electron chi connectivity index (χ3n) is 4.80. The first-order chi connectivity index (χ1) is 13.0. The molecule has 0 radical (unpaired) electrons. The molecule has 1 saturated heterocycles. The Kier molecular flexibility index (Phi) is 6.08. The maximum absolute atomic E-state index is 12.2. The van der Waals surface area contributed by atoms with Crippen LogP contribution in [0.4, 0.5) is 0 Å². The monoisotopic (exact) mass is 359 g/mol. The van der Waals surface area contributed by atoms with Gasteiger partial charge in [0.05, 0.1) is 0 Å². The molecular formula is C24H25NO2. The Morgan fingerprint density at radius 1 is 0.963 bits per heavy atom. The van der Waals surface area contributed by atoms with Gasteiger partial charge in [0.25, 0.3) is 5.91 Å². The van der Waals surface area contributed by atoms with E-state index in [4.69, 9.17) is 0 Å². The first-order valence-electron chi connectivity index (χ1n) is 9.51. The Balaban J connectivity index is 1.60. The lowest BCUT2D eigenvalue weighted by Crippen LogP contribution is -2.41. The fourth-order valence-corrected chi connectivity index (χ4v) is 3.23. The second-order valence-electron chi connectivity index (χ2n) is 7.39. The van der Waals surface area contributed by atoms with Crippen molar-refractivity contribution in [1.29, 1.82) is 0 Å². The Labute approximate surface area is 161 Å². The predicted molar refractivity (Wildman–Crippen MR) is 108 cm³/mol. The summed E-state index contributed by atoms with van der Waals surface area (Å²) in [5, 5.41) is 0. The molecule has 1 aliphatic heterocycles. The lowest BCUT2D eigenvalue weighted by Gasteiger charge is -2.30. The van der Waals surface area contributed by atoms with Crippen LogP contribution in [0, 0.1) is 17.8 Å². The van der Waals surface area contributed by atoms with Crippen molar-refractivity contribution in [3.8, 4) is 11.8 Å². The van der Waals surface area contributed by atoms with E-state index < -0.39 is 0 Å². The summed E-state index contributed by atoms with van der Waals surface area (Å²) in [6, 6.07) is 15.7. The predicted octanol–water partition coefficient (Wildman–Crippen LogP) is 4.09. The lowest BCUT2D eigenvalue weighted by molar-refractivity contribution is -0.117. The first-order valence-corrected chi connectivity index (χ1v) is 9.51. The molecule has 2 aromatic carbocycles. The molecule has 27 heavy (non-hydrogen) atoms. The van der Waals surface area contributed by atoms with E-state index in [1.807, 2.05) is 41.3 Å². The molecule has 1 heterocycles. The quantitative estimate of drug-likeness (QED) is 0.754. The highest BCUT2D eigenvalue weighted by Crippen LogP contribution is 2.14. The number of ketones is 1. The van der Waals surface area contributed by atoms with Gasteiger partial charge in [0.1, 0.15) is 5.78 Å². The SMILES string of the molecule is CC(=O)CC(C)Cc1ccc(C#Cc2ccc(C(=O)N3CCC3)cc2)cc1. The average molecular weight is 359 g/mol. The van der Waals surface area contributed by atoms with Crippen LogP contribution in [0.5, 0.6) is 0 Å². The molecule has 1 aliphatic rings. The Bertz CT molecular complexity index is 865. The van der Waals surface area contributed by atoms with Crippen molar-refractivity contribution < 1.29 is 9.59 Å². The fraction of sp³-hybridized carbons (Fsp3) is 0.333. The molecule has 1 amide bonds. The summed E-state index contributed by atoms with van der Waals surface area (Å²) in [5.74, 6) is 7.02. The average Bonchev–Trinajstić information content (AvgIpc) is 2.59. The zero-order valence-electron chi connectivity index (χ0n) is 16.0. The second-order valence-corrected chi connectivity index (χ2v) is 7.39. The van der Waals surface area contributed by atoms with Crippen LogP contribution in [0.15, 0.2) is 48.5 Å². The van der Waals surface area contributed by atoms with E-state index in [1.165, 1.54) is 5.56 Å². The number of nitrogens with zero attached hydrogens (tertiary/aromatic N) is 1. The summed E-state index contributed by atoms with van der Waals surface area (Å²) in [4.78, 5) is 25.2. The van der Waals surface area contributed by atoms with E-state index in [0.29, 0.717) is 12.3 Å². The maximum atomic E-state index is 12.2. The van der Waals surface area contributed by atoms with Gasteiger partial charge < -0.3 is 9.69 Å². The van der Waals surface area contributed by atoms with Gasteiger partial charge in [-0.15, -0.1) is 0 Å². The van der Waals surface area contributed by atoms with Gasteiger partial charge >= 0.3 is 0 Å². The number of carbonyl (C=O) groups is 2. The molecule has 138 valence electrons. The van der Waals surface area contributed by atoms with E-state index in [0.717, 1.165) is 42.6 Å². The zero-order valence-corrected chi connectivity index (χ0v) is 16.0. The van der Waals surface area contributed by atoms with Crippen LogP contribution in [0.2, 0.25) is 0 Å². The summed E-state index contributed by atoms with van der Waals surface area (Å²) < 4.78 is 0. The van der Waals surface area contributed by atoms with E-state index in [1.54, 1.807) is 6.92 Å². The molecule has 1 unspecified atom stereocenters. The normalized spacial score (nSPS) is 13.9. The number of hydrogen-bond acceptors (Lipinski definition) is 2. The molecule has 1 fully saturated rings. The van der Waals surface area contributed by atoms with Crippen molar-refractivity contribution in [3.63, 3.8) is 0 Å². The summed E-state index contributed by atoms with van der Waals surface area (Å²) in [5.41, 5.74) is 3.81. The molecule has 0 spiro atoms. The van der Waals surface area contributed by atoms with Crippen LogP contribution in [0.3, 0.4) is 0 Å². The van der Waals surface area contributed by atoms with E-state index in [9.17, 15) is 9.59 Å². The van der Waals surface area contributed by atoms with Crippen LogP contribution in [0.25, 0.3) is 0 Å². The third-order valence-corrected chi connectivity index (χ3v) is 4.80. The van der Waals surface area contributed by atoms with Crippen LogP contribution in [-0.4, -0.2) is 29.7 Å². The first kappa shape index (κ1) is 18.9. The zero-order chi connectivity index (χ0) is 19.2. The number of carbonyl (C=O) groups excluding carboxylic acids is 2. The molecule has 0 aliphatic carbocycles. The number of Topliss-reactive ketones (excluding diaryl/α,β-unsaturated/α-hetero) is 1. The van der Waals surface area contributed by atoms with E-state index in [2.05, 4.69) is 30.9 Å². The molecule has 3 heteroatoms. The van der Waals surface area contributed by atoms with Gasteiger partial charge in [0, 0.05) is 36.2 Å². The minimum Gasteiger partial charge on any atom is -0.339 e. The Hall–Kier alpha value is -2.86. The van der Waals surface area contributed by atoms with Crippen LogP contribution < -0.4 is 0 Å². The highest BCUT2D eigenvalue weighted by molar-refractivity contribution is 5.94. The van der Waals surface area contributed by atoms with Gasteiger partial charge in [-0.3, -0.25) is 4.79 Å². The fourth-order valence-electron chi connectivity index (χ4n) is 3.23. The molecule has 0 bridgehead atoms. The highest BCUT2D eigenvalue weighted by atomic mass is 16.2. The van der Waals surface area contributed by atoms with Crippen molar-refractivity contribution in [2.45, 2.75) is 33.1 Å². The smallest absolute Gasteiger partial charge is 0.253 e. The number of rotatable bonds is 5. The molecular weight excluding hydrogens is 334 g/mol. The summed E-state index contributed by atoms with van der Waals surface area (Å²) >= 11 is 0. The largest absolute Gasteiger partial charge is 0.339 e. The second kappa shape index (κ2) is 8.68. The van der Waals surface area contributed by atoms with Gasteiger partial charge in [-0.25, -0.2) is 0 Å². The molecule has 3 nitrogen and oxygen atoms in total. The number of benzene rings is 2. The minimum atomic E-state index is 0.107.